The van der Waals surface area contributed by atoms with Gasteiger partial charge in [-0.3, -0.25) is 0 Å². The van der Waals surface area contributed by atoms with Crippen LogP contribution in [0.3, 0.4) is 0 Å². The third kappa shape index (κ3) is 3.80. The van der Waals surface area contributed by atoms with Crippen LogP contribution in [0.4, 0.5) is 0 Å². The molecule has 0 saturated heterocycles. The fourth-order valence-corrected chi connectivity index (χ4v) is 3.15. The molecular weight excluding hydrogens is 250 g/mol. The lowest BCUT2D eigenvalue weighted by Gasteiger charge is -2.28. The number of nitrogens with one attached hydrogen (secondary N) is 1. The van der Waals surface area contributed by atoms with Crippen LogP contribution in [0, 0.1) is 6.92 Å². The first-order chi connectivity index (χ1) is 8.33. The Balaban J connectivity index is 2.97. The van der Waals surface area contributed by atoms with Gasteiger partial charge in [0.1, 0.15) is 0 Å². The van der Waals surface area contributed by atoms with Gasteiger partial charge in [0.2, 0.25) is 10.0 Å². The Bertz CT molecular complexity index is 481. The lowest BCUT2D eigenvalue weighted by atomic mass is 9.97. The summed E-state index contributed by atoms with van der Waals surface area (Å²) in [6.45, 7) is 5.56. The van der Waals surface area contributed by atoms with Crippen LogP contribution in [0.15, 0.2) is 29.2 Å². The molecule has 1 rings (SSSR count). The van der Waals surface area contributed by atoms with Crippen molar-refractivity contribution in [2.24, 2.45) is 0 Å². The molecule has 0 spiro atoms. The molecule has 2 N–H and O–H groups in total. The van der Waals surface area contributed by atoms with Crippen molar-refractivity contribution in [3.63, 3.8) is 0 Å². The molecule has 0 bridgehead atoms. The van der Waals surface area contributed by atoms with Crippen molar-refractivity contribution >= 4 is 10.0 Å². The molecule has 0 aliphatic heterocycles. The highest BCUT2D eigenvalue weighted by Gasteiger charge is 2.28. The van der Waals surface area contributed by atoms with Crippen molar-refractivity contribution in [1.82, 2.24) is 4.72 Å². The molecule has 5 heteroatoms. The molecule has 0 aliphatic rings. The third-order valence-corrected chi connectivity index (χ3v) is 4.81. The molecule has 0 saturated carbocycles. The topological polar surface area (TPSA) is 66.4 Å². The summed E-state index contributed by atoms with van der Waals surface area (Å²) in [5.74, 6) is 0. The minimum atomic E-state index is -3.53. The SMILES string of the molecule is CCC(C)(CCO)NS(=O)(=O)c1ccc(C)cc1. The Kier molecular flexibility index (Phi) is 4.90. The van der Waals surface area contributed by atoms with E-state index in [1.165, 1.54) is 0 Å². The maximum absolute atomic E-state index is 12.2. The second kappa shape index (κ2) is 5.82. The molecule has 0 heterocycles. The van der Waals surface area contributed by atoms with Crippen molar-refractivity contribution < 1.29 is 13.5 Å². The van der Waals surface area contributed by atoms with Crippen LogP contribution in [0.5, 0.6) is 0 Å². The number of rotatable bonds is 6. The number of hydrogen-bond acceptors (Lipinski definition) is 3. The summed E-state index contributed by atoms with van der Waals surface area (Å²) in [4.78, 5) is 0.255. The van der Waals surface area contributed by atoms with Crippen LogP contribution in [0.25, 0.3) is 0 Å². The van der Waals surface area contributed by atoms with E-state index in [-0.39, 0.29) is 11.5 Å². The second-order valence-electron chi connectivity index (χ2n) is 4.81. The summed E-state index contributed by atoms with van der Waals surface area (Å²) >= 11 is 0. The van der Waals surface area contributed by atoms with Gasteiger partial charge in [0.15, 0.2) is 0 Å². The molecule has 18 heavy (non-hydrogen) atoms. The lowest BCUT2D eigenvalue weighted by molar-refractivity contribution is 0.233. The summed E-state index contributed by atoms with van der Waals surface area (Å²) in [6, 6.07) is 6.72. The van der Waals surface area contributed by atoms with Crippen LogP contribution in [-0.4, -0.2) is 25.7 Å². The van der Waals surface area contributed by atoms with Crippen molar-refractivity contribution in [2.45, 2.75) is 44.0 Å². The Hall–Kier alpha value is -0.910. The van der Waals surface area contributed by atoms with Gasteiger partial charge in [0.25, 0.3) is 0 Å². The summed E-state index contributed by atoms with van der Waals surface area (Å²) in [5.41, 5.74) is 0.404. The minimum absolute atomic E-state index is 0.0409. The number of aliphatic hydroxyl groups excluding tert-OH is 1. The Morgan fingerprint density at radius 2 is 1.83 bits per heavy atom. The highest BCUT2D eigenvalue weighted by atomic mass is 32.2. The normalized spacial score (nSPS) is 15.3. The molecule has 0 amide bonds. The number of benzene rings is 1. The van der Waals surface area contributed by atoms with E-state index in [4.69, 9.17) is 5.11 Å². The van der Waals surface area contributed by atoms with Crippen LogP contribution in [0.2, 0.25) is 0 Å². The minimum Gasteiger partial charge on any atom is -0.396 e. The number of hydrogen-bond donors (Lipinski definition) is 2. The first kappa shape index (κ1) is 15.1. The maximum atomic E-state index is 12.2. The second-order valence-corrected chi connectivity index (χ2v) is 6.49. The first-order valence-corrected chi connectivity index (χ1v) is 7.53. The van der Waals surface area contributed by atoms with Crippen molar-refractivity contribution in [2.75, 3.05) is 6.61 Å². The average Bonchev–Trinajstić information content (AvgIpc) is 2.29. The molecule has 0 aliphatic carbocycles. The number of aliphatic hydroxyl groups is 1. The fraction of sp³-hybridized carbons (Fsp3) is 0.538. The molecule has 1 unspecified atom stereocenters. The van der Waals surface area contributed by atoms with Crippen LogP contribution in [0.1, 0.15) is 32.3 Å². The van der Waals surface area contributed by atoms with Gasteiger partial charge in [0.05, 0.1) is 4.90 Å². The quantitative estimate of drug-likeness (QED) is 0.829. The Morgan fingerprint density at radius 1 is 1.28 bits per heavy atom. The first-order valence-electron chi connectivity index (χ1n) is 6.04. The molecule has 1 aromatic rings. The zero-order chi connectivity index (χ0) is 13.8. The van der Waals surface area contributed by atoms with Crippen molar-refractivity contribution in [3.8, 4) is 0 Å². The molecular formula is C13H21NO3S. The van der Waals surface area contributed by atoms with Gasteiger partial charge in [-0.1, -0.05) is 24.6 Å². The van der Waals surface area contributed by atoms with E-state index in [0.717, 1.165) is 5.56 Å². The van der Waals surface area contributed by atoms with Crippen molar-refractivity contribution in [1.29, 1.82) is 0 Å². The Labute approximate surface area is 109 Å². The smallest absolute Gasteiger partial charge is 0.241 e. The van der Waals surface area contributed by atoms with Crippen LogP contribution < -0.4 is 4.72 Å². The van der Waals surface area contributed by atoms with E-state index in [0.29, 0.717) is 12.8 Å². The maximum Gasteiger partial charge on any atom is 0.241 e. The summed E-state index contributed by atoms with van der Waals surface area (Å²) in [7, 11) is -3.53. The largest absolute Gasteiger partial charge is 0.396 e. The van der Waals surface area contributed by atoms with Crippen LogP contribution >= 0.6 is 0 Å². The van der Waals surface area contributed by atoms with Crippen molar-refractivity contribution in [3.05, 3.63) is 29.8 Å². The fourth-order valence-electron chi connectivity index (χ4n) is 1.65. The lowest BCUT2D eigenvalue weighted by Crippen LogP contribution is -2.46. The zero-order valence-corrected chi connectivity index (χ0v) is 11.9. The highest BCUT2D eigenvalue weighted by molar-refractivity contribution is 7.89. The van der Waals surface area contributed by atoms with Gasteiger partial charge in [-0.15, -0.1) is 0 Å². The monoisotopic (exact) mass is 271 g/mol. The summed E-state index contributed by atoms with van der Waals surface area (Å²) in [6.07, 6.45) is 1.02. The number of aryl methyl sites for hydroxylation is 1. The van der Waals surface area contributed by atoms with Gasteiger partial charge in [-0.05, 0) is 38.8 Å². The highest BCUT2D eigenvalue weighted by Crippen LogP contribution is 2.19. The van der Waals surface area contributed by atoms with Gasteiger partial charge in [0, 0.05) is 12.1 Å². The molecule has 102 valence electrons. The zero-order valence-electron chi connectivity index (χ0n) is 11.1. The van der Waals surface area contributed by atoms with Gasteiger partial charge >= 0.3 is 0 Å². The van der Waals surface area contributed by atoms with Crippen LogP contribution in [-0.2, 0) is 10.0 Å². The molecule has 0 aromatic heterocycles. The number of sulfonamides is 1. The predicted octanol–water partition coefficient (Wildman–Crippen LogP) is 1.82. The molecule has 1 aromatic carbocycles. The van der Waals surface area contributed by atoms with Gasteiger partial charge < -0.3 is 5.11 Å². The average molecular weight is 271 g/mol. The molecule has 0 fully saturated rings. The molecule has 0 radical (unpaired) electrons. The molecule has 1 atom stereocenters. The molecule has 4 nitrogen and oxygen atoms in total. The van der Waals surface area contributed by atoms with E-state index in [1.54, 1.807) is 31.2 Å². The van der Waals surface area contributed by atoms with E-state index < -0.39 is 15.6 Å². The predicted molar refractivity (Wildman–Crippen MR) is 71.9 cm³/mol. The standard InChI is InChI=1S/C13H21NO3S/c1-4-13(3,9-10-15)14-18(16,17)12-7-5-11(2)6-8-12/h5-8,14-15H,4,9-10H2,1-3H3. The summed E-state index contributed by atoms with van der Waals surface area (Å²) in [5, 5.41) is 9.00. The Morgan fingerprint density at radius 3 is 2.28 bits per heavy atom. The van der Waals surface area contributed by atoms with E-state index >= 15 is 0 Å². The van der Waals surface area contributed by atoms with Gasteiger partial charge in [-0.2, -0.15) is 0 Å². The summed E-state index contributed by atoms with van der Waals surface area (Å²) < 4.78 is 27.1. The van der Waals surface area contributed by atoms with E-state index in [1.807, 2.05) is 13.8 Å². The van der Waals surface area contributed by atoms with E-state index in [9.17, 15) is 8.42 Å². The van der Waals surface area contributed by atoms with Gasteiger partial charge in [-0.25, -0.2) is 13.1 Å². The third-order valence-electron chi connectivity index (χ3n) is 3.16. The van der Waals surface area contributed by atoms with E-state index in [2.05, 4.69) is 4.72 Å².